The Labute approximate surface area is 125 Å². The van der Waals surface area contributed by atoms with E-state index in [2.05, 4.69) is 47.3 Å². The second kappa shape index (κ2) is 6.12. The molecule has 2 heterocycles. The Kier molecular flexibility index (Phi) is 4.04. The Morgan fingerprint density at radius 2 is 2.19 bits per heavy atom. The summed E-state index contributed by atoms with van der Waals surface area (Å²) in [5.41, 5.74) is 4.39. The fourth-order valence-electron chi connectivity index (χ4n) is 2.72. The average Bonchev–Trinajstić information content (AvgIpc) is 2.53. The second-order valence-electron chi connectivity index (χ2n) is 5.37. The van der Waals surface area contributed by atoms with Crippen molar-refractivity contribution in [3.8, 4) is 17.0 Å². The van der Waals surface area contributed by atoms with Crippen molar-refractivity contribution < 1.29 is 4.74 Å². The van der Waals surface area contributed by atoms with Crippen molar-refractivity contribution in [2.24, 2.45) is 0 Å². The molecule has 4 heteroatoms. The Morgan fingerprint density at radius 3 is 3.05 bits per heavy atom. The van der Waals surface area contributed by atoms with Crippen LogP contribution < -0.4 is 10.1 Å². The predicted molar refractivity (Wildman–Crippen MR) is 84.8 cm³/mol. The molecule has 110 valence electrons. The van der Waals surface area contributed by atoms with Crippen LogP contribution in [-0.4, -0.2) is 23.1 Å². The molecule has 0 saturated carbocycles. The van der Waals surface area contributed by atoms with Crippen molar-refractivity contribution in [3.05, 3.63) is 35.7 Å². The summed E-state index contributed by atoms with van der Waals surface area (Å²) >= 11 is 0. The van der Waals surface area contributed by atoms with Gasteiger partial charge in [0.2, 0.25) is 0 Å². The number of aryl methyl sites for hydroxylation is 1. The second-order valence-corrected chi connectivity index (χ2v) is 5.37. The van der Waals surface area contributed by atoms with E-state index in [1.54, 1.807) is 6.33 Å². The standard InChI is InChI=1S/C17H21N3O/c1-3-9-18-17-12(2)15(19-11-20-17)14-8-4-6-13-7-5-10-21-16(13)14/h4,6,8,11H,3,5,7,9-10H2,1-2H3,(H,18,19,20). The molecule has 0 spiro atoms. The summed E-state index contributed by atoms with van der Waals surface area (Å²) in [7, 11) is 0. The molecule has 0 unspecified atom stereocenters. The topological polar surface area (TPSA) is 47.0 Å². The van der Waals surface area contributed by atoms with E-state index in [4.69, 9.17) is 4.74 Å². The van der Waals surface area contributed by atoms with Crippen LogP contribution in [0.25, 0.3) is 11.3 Å². The third-order valence-corrected chi connectivity index (χ3v) is 3.82. The molecule has 0 aliphatic carbocycles. The Balaban J connectivity index is 2.05. The van der Waals surface area contributed by atoms with Gasteiger partial charge in [-0.3, -0.25) is 0 Å². The third-order valence-electron chi connectivity index (χ3n) is 3.82. The summed E-state index contributed by atoms with van der Waals surface area (Å²) in [5.74, 6) is 1.90. The van der Waals surface area contributed by atoms with Gasteiger partial charge < -0.3 is 10.1 Å². The van der Waals surface area contributed by atoms with Crippen molar-refractivity contribution in [1.82, 2.24) is 9.97 Å². The minimum absolute atomic E-state index is 0.787. The molecular weight excluding hydrogens is 262 g/mol. The summed E-state index contributed by atoms with van der Waals surface area (Å²) < 4.78 is 5.90. The van der Waals surface area contributed by atoms with Crippen LogP contribution in [0.15, 0.2) is 24.5 Å². The molecule has 1 aromatic carbocycles. The Hall–Kier alpha value is -2.10. The quantitative estimate of drug-likeness (QED) is 0.931. The predicted octanol–water partition coefficient (Wildman–Crippen LogP) is 3.60. The summed E-state index contributed by atoms with van der Waals surface area (Å²) in [6.45, 7) is 5.91. The molecule has 1 aromatic heterocycles. The maximum atomic E-state index is 5.90. The van der Waals surface area contributed by atoms with Crippen LogP contribution in [0.1, 0.15) is 30.9 Å². The minimum Gasteiger partial charge on any atom is -0.493 e. The van der Waals surface area contributed by atoms with E-state index in [1.807, 2.05) is 0 Å². The van der Waals surface area contributed by atoms with Crippen molar-refractivity contribution in [2.45, 2.75) is 33.1 Å². The lowest BCUT2D eigenvalue weighted by molar-refractivity contribution is 0.289. The molecular formula is C17H21N3O. The molecule has 0 saturated heterocycles. The summed E-state index contributed by atoms with van der Waals surface area (Å²) in [6.07, 6.45) is 4.86. The van der Waals surface area contributed by atoms with Gasteiger partial charge in [-0.2, -0.15) is 0 Å². The van der Waals surface area contributed by atoms with E-state index >= 15 is 0 Å². The van der Waals surface area contributed by atoms with Crippen molar-refractivity contribution >= 4 is 5.82 Å². The molecule has 3 rings (SSSR count). The zero-order chi connectivity index (χ0) is 14.7. The number of nitrogens with zero attached hydrogens (tertiary/aromatic N) is 2. The number of rotatable bonds is 4. The van der Waals surface area contributed by atoms with Gasteiger partial charge in [0.15, 0.2) is 0 Å². The monoisotopic (exact) mass is 283 g/mol. The van der Waals surface area contributed by atoms with Crippen molar-refractivity contribution in [2.75, 3.05) is 18.5 Å². The van der Waals surface area contributed by atoms with Gasteiger partial charge in [-0.15, -0.1) is 0 Å². The highest BCUT2D eigenvalue weighted by Crippen LogP contribution is 2.37. The average molecular weight is 283 g/mol. The molecule has 0 amide bonds. The normalized spacial score (nSPS) is 13.4. The molecule has 0 fully saturated rings. The van der Waals surface area contributed by atoms with Gasteiger partial charge in [0, 0.05) is 17.7 Å². The van der Waals surface area contributed by atoms with Gasteiger partial charge in [-0.25, -0.2) is 9.97 Å². The first-order valence-electron chi connectivity index (χ1n) is 7.61. The van der Waals surface area contributed by atoms with Gasteiger partial charge >= 0.3 is 0 Å². The lowest BCUT2D eigenvalue weighted by Gasteiger charge is -2.21. The Morgan fingerprint density at radius 1 is 1.29 bits per heavy atom. The van der Waals surface area contributed by atoms with Gasteiger partial charge in [-0.1, -0.05) is 19.1 Å². The molecule has 0 bridgehead atoms. The zero-order valence-electron chi connectivity index (χ0n) is 12.6. The van der Waals surface area contributed by atoms with E-state index in [0.717, 1.165) is 60.8 Å². The molecule has 0 radical (unpaired) electrons. The number of anilines is 1. The fourth-order valence-corrected chi connectivity index (χ4v) is 2.72. The third kappa shape index (κ3) is 2.71. The van der Waals surface area contributed by atoms with Gasteiger partial charge in [-0.05, 0) is 37.8 Å². The number of hydrogen-bond acceptors (Lipinski definition) is 4. The Bertz CT molecular complexity index is 640. The number of fused-ring (bicyclic) bond motifs is 1. The summed E-state index contributed by atoms with van der Waals surface area (Å²) in [6, 6.07) is 6.32. The molecule has 4 nitrogen and oxygen atoms in total. The molecule has 21 heavy (non-hydrogen) atoms. The number of ether oxygens (including phenoxy) is 1. The maximum Gasteiger partial charge on any atom is 0.132 e. The van der Waals surface area contributed by atoms with Gasteiger partial charge in [0.25, 0.3) is 0 Å². The van der Waals surface area contributed by atoms with Crippen molar-refractivity contribution in [1.29, 1.82) is 0 Å². The first-order valence-corrected chi connectivity index (χ1v) is 7.61. The maximum absolute atomic E-state index is 5.90. The highest BCUT2D eigenvalue weighted by Gasteiger charge is 2.18. The van der Waals surface area contributed by atoms with Gasteiger partial charge in [0.05, 0.1) is 12.3 Å². The van der Waals surface area contributed by atoms with Crippen molar-refractivity contribution in [3.63, 3.8) is 0 Å². The lowest BCUT2D eigenvalue weighted by atomic mass is 9.98. The van der Waals surface area contributed by atoms with Crippen LogP contribution in [0.2, 0.25) is 0 Å². The number of nitrogens with one attached hydrogen (secondary N) is 1. The van der Waals surface area contributed by atoms with Crippen LogP contribution in [0, 0.1) is 6.92 Å². The van der Waals surface area contributed by atoms with Crippen LogP contribution in [0.4, 0.5) is 5.82 Å². The van der Waals surface area contributed by atoms with Crippen LogP contribution in [-0.2, 0) is 6.42 Å². The van der Waals surface area contributed by atoms with E-state index in [1.165, 1.54) is 5.56 Å². The van der Waals surface area contributed by atoms with E-state index < -0.39 is 0 Å². The lowest BCUT2D eigenvalue weighted by Crippen LogP contribution is -2.10. The fraction of sp³-hybridized carbons (Fsp3) is 0.412. The number of aromatic nitrogens is 2. The van der Waals surface area contributed by atoms with Crippen LogP contribution in [0.5, 0.6) is 5.75 Å². The number of benzene rings is 1. The van der Waals surface area contributed by atoms with E-state index in [-0.39, 0.29) is 0 Å². The molecule has 0 atom stereocenters. The van der Waals surface area contributed by atoms with E-state index in [0.29, 0.717) is 0 Å². The van der Waals surface area contributed by atoms with E-state index in [9.17, 15) is 0 Å². The van der Waals surface area contributed by atoms with Crippen LogP contribution >= 0.6 is 0 Å². The number of para-hydroxylation sites is 1. The number of hydrogen-bond donors (Lipinski definition) is 1. The highest BCUT2D eigenvalue weighted by atomic mass is 16.5. The molecule has 1 N–H and O–H groups in total. The summed E-state index contributed by atoms with van der Waals surface area (Å²) in [5, 5.41) is 3.36. The zero-order valence-corrected chi connectivity index (χ0v) is 12.6. The van der Waals surface area contributed by atoms with Crippen LogP contribution in [0.3, 0.4) is 0 Å². The SMILES string of the molecule is CCCNc1ncnc(-c2cccc3c2OCCC3)c1C. The first kappa shape index (κ1) is 13.9. The largest absolute Gasteiger partial charge is 0.493 e. The molecule has 1 aliphatic rings. The smallest absolute Gasteiger partial charge is 0.132 e. The first-order chi connectivity index (χ1) is 10.3. The molecule has 2 aromatic rings. The minimum atomic E-state index is 0.787. The summed E-state index contributed by atoms with van der Waals surface area (Å²) in [4.78, 5) is 8.85. The highest BCUT2D eigenvalue weighted by molar-refractivity contribution is 5.74. The van der Waals surface area contributed by atoms with Gasteiger partial charge in [0.1, 0.15) is 17.9 Å². The molecule has 1 aliphatic heterocycles.